The number of carbonyl (C=O) groups excluding carboxylic acids is 3. The van der Waals surface area contributed by atoms with Crippen molar-refractivity contribution in [1.29, 1.82) is 0 Å². The van der Waals surface area contributed by atoms with Gasteiger partial charge in [0.05, 0.1) is 10.8 Å². The predicted octanol–water partition coefficient (Wildman–Crippen LogP) is 0.771. The molecule has 9 nitrogen and oxygen atoms in total. The highest BCUT2D eigenvalue weighted by Crippen LogP contribution is 2.28. The predicted molar refractivity (Wildman–Crippen MR) is 99.0 cm³/mol. The Morgan fingerprint density at radius 1 is 1.04 bits per heavy atom. The number of nitrogens with one attached hydrogen (secondary N) is 1. The van der Waals surface area contributed by atoms with Crippen LogP contribution in [0.3, 0.4) is 0 Å². The third-order valence-electron chi connectivity index (χ3n) is 4.12. The third kappa shape index (κ3) is 6.42. The van der Waals surface area contributed by atoms with Crippen LogP contribution in [-0.2, 0) is 33.3 Å². The van der Waals surface area contributed by atoms with Crippen LogP contribution in [0.5, 0.6) is 0 Å². The molecule has 2 N–H and O–H groups in total. The topological polar surface area (TPSA) is 120 Å². The summed E-state index contributed by atoms with van der Waals surface area (Å²) in [5, 5.41) is 13.3. The van der Waals surface area contributed by atoms with Crippen molar-refractivity contribution in [2.45, 2.75) is 79.1 Å². The summed E-state index contributed by atoms with van der Waals surface area (Å²) < 4.78 is 21.8. The number of rotatable bonds is 5. The van der Waals surface area contributed by atoms with Crippen LogP contribution in [0, 0.1) is 10.8 Å². The molecule has 0 aromatic rings. The summed E-state index contributed by atoms with van der Waals surface area (Å²) >= 11 is 0. The average Bonchev–Trinajstić information content (AvgIpc) is 2.54. The van der Waals surface area contributed by atoms with Crippen molar-refractivity contribution < 1.29 is 38.4 Å². The van der Waals surface area contributed by atoms with Gasteiger partial charge in [0.1, 0.15) is 24.9 Å². The molecule has 9 heteroatoms. The minimum atomic E-state index is -1.33. The maximum atomic E-state index is 12.4. The number of ether oxygens (including phenoxy) is 4. The fourth-order valence-electron chi connectivity index (χ4n) is 2.46. The fraction of sp³-hybridized carbons (Fsp3) is 0.842. The lowest BCUT2D eigenvalue weighted by atomic mass is 9.94. The van der Waals surface area contributed by atoms with Crippen LogP contribution >= 0.6 is 0 Å². The highest BCUT2D eigenvalue weighted by Gasteiger charge is 2.49. The molecule has 1 heterocycles. The zero-order chi connectivity index (χ0) is 21.9. The van der Waals surface area contributed by atoms with E-state index in [1.54, 1.807) is 41.5 Å². The van der Waals surface area contributed by atoms with Gasteiger partial charge in [-0.15, -0.1) is 0 Å². The highest BCUT2D eigenvalue weighted by atomic mass is 16.7. The molecule has 162 valence electrons. The van der Waals surface area contributed by atoms with Crippen molar-refractivity contribution in [3.63, 3.8) is 0 Å². The molecule has 0 bridgehead atoms. The van der Waals surface area contributed by atoms with Gasteiger partial charge in [-0.1, -0.05) is 0 Å². The molecule has 0 aromatic carbocycles. The summed E-state index contributed by atoms with van der Waals surface area (Å²) in [7, 11) is 1.35. The standard InChI is InChI=1S/C19H33NO8/c1-10(21)20-12-13(22)14(28-17(24)19(5,6)7)11(27-15(12)25-8)9-26-16(23)18(2,3)4/h11-15,22H,9H2,1-8H3,(H,20,21)/t11-,12-,13-,14+,15-/m1/s1. The fourth-order valence-corrected chi connectivity index (χ4v) is 2.46. The number of esters is 2. The van der Waals surface area contributed by atoms with Gasteiger partial charge in [-0.25, -0.2) is 0 Å². The summed E-state index contributed by atoms with van der Waals surface area (Å²) in [6.45, 7) is 11.2. The van der Waals surface area contributed by atoms with Gasteiger partial charge in [0, 0.05) is 14.0 Å². The molecule has 1 saturated heterocycles. The van der Waals surface area contributed by atoms with Gasteiger partial charge in [0.2, 0.25) is 5.91 Å². The SMILES string of the molecule is CO[C@@H]1O[C@H](COC(=O)C(C)(C)C)[C@H](OC(=O)C(C)(C)C)[C@H](O)[C@H]1NC(C)=O. The Hall–Kier alpha value is -1.71. The van der Waals surface area contributed by atoms with Crippen molar-refractivity contribution in [1.82, 2.24) is 5.32 Å². The molecule has 1 aliphatic rings. The smallest absolute Gasteiger partial charge is 0.311 e. The minimum Gasteiger partial charge on any atom is -0.462 e. The lowest BCUT2D eigenvalue weighted by Gasteiger charge is -2.44. The highest BCUT2D eigenvalue weighted by molar-refractivity contribution is 5.76. The average molecular weight is 403 g/mol. The zero-order valence-electron chi connectivity index (χ0n) is 17.9. The maximum absolute atomic E-state index is 12.4. The summed E-state index contributed by atoms with van der Waals surface area (Å²) in [4.78, 5) is 36.0. The Balaban J connectivity index is 3.08. The largest absolute Gasteiger partial charge is 0.462 e. The van der Waals surface area contributed by atoms with E-state index in [0.717, 1.165) is 0 Å². The molecule has 0 radical (unpaired) electrons. The molecular formula is C19H33NO8. The molecule has 5 atom stereocenters. The molecule has 0 aromatic heterocycles. The second kappa shape index (κ2) is 9.19. The first kappa shape index (κ1) is 24.3. The molecule has 1 aliphatic heterocycles. The number of amides is 1. The number of hydrogen-bond donors (Lipinski definition) is 2. The summed E-state index contributed by atoms with van der Waals surface area (Å²) in [5.74, 6) is -1.44. The van der Waals surface area contributed by atoms with Crippen LogP contribution in [0.4, 0.5) is 0 Å². The Labute approximate surface area is 166 Å². The zero-order valence-corrected chi connectivity index (χ0v) is 17.9. The van der Waals surface area contributed by atoms with Crippen LogP contribution in [-0.4, -0.2) is 67.3 Å². The monoisotopic (exact) mass is 403 g/mol. The van der Waals surface area contributed by atoms with E-state index in [1.165, 1.54) is 14.0 Å². The number of aliphatic hydroxyl groups excluding tert-OH is 1. The van der Waals surface area contributed by atoms with Gasteiger partial charge in [-0.05, 0) is 41.5 Å². The summed E-state index contributed by atoms with van der Waals surface area (Å²) in [6, 6.07) is -0.963. The van der Waals surface area contributed by atoms with Gasteiger partial charge in [0.25, 0.3) is 0 Å². The Morgan fingerprint density at radius 3 is 2.00 bits per heavy atom. The van der Waals surface area contributed by atoms with Crippen LogP contribution < -0.4 is 5.32 Å². The van der Waals surface area contributed by atoms with Crippen molar-refractivity contribution >= 4 is 17.8 Å². The van der Waals surface area contributed by atoms with Crippen molar-refractivity contribution in [2.24, 2.45) is 10.8 Å². The molecule has 0 unspecified atom stereocenters. The number of methoxy groups -OCH3 is 1. The van der Waals surface area contributed by atoms with E-state index in [2.05, 4.69) is 5.32 Å². The van der Waals surface area contributed by atoms with Crippen LogP contribution in [0.1, 0.15) is 48.5 Å². The van der Waals surface area contributed by atoms with E-state index in [4.69, 9.17) is 18.9 Å². The molecule has 28 heavy (non-hydrogen) atoms. The Morgan fingerprint density at radius 2 is 1.57 bits per heavy atom. The van der Waals surface area contributed by atoms with E-state index in [9.17, 15) is 19.5 Å². The molecular weight excluding hydrogens is 370 g/mol. The van der Waals surface area contributed by atoms with E-state index in [0.29, 0.717) is 0 Å². The molecule has 1 amide bonds. The Kier molecular flexibility index (Phi) is 7.99. The third-order valence-corrected chi connectivity index (χ3v) is 4.12. The van der Waals surface area contributed by atoms with E-state index in [1.807, 2.05) is 0 Å². The Bertz CT molecular complexity index is 577. The van der Waals surface area contributed by atoms with Crippen LogP contribution in [0.2, 0.25) is 0 Å². The van der Waals surface area contributed by atoms with Gasteiger partial charge < -0.3 is 29.4 Å². The molecule has 0 aliphatic carbocycles. The molecule has 0 spiro atoms. The van der Waals surface area contributed by atoms with Crippen molar-refractivity contribution in [3.8, 4) is 0 Å². The minimum absolute atomic E-state index is 0.248. The van der Waals surface area contributed by atoms with Crippen molar-refractivity contribution in [3.05, 3.63) is 0 Å². The molecule has 0 saturated carbocycles. The van der Waals surface area contributed by atoms with Gasteiger partial charge in [-0.3, -0.25) is 14.4 Å². The van der Waals surface area contributed by atoms with E-state index >= 15 is 0 Å². The normalized spacial score (nSPS) is 28.4. The number of aliphatic hydroxyl groups is 1. The first-order chi connectivity index (χ1) is 12.7. The molecule has 1 fully saturated rings. The van der Waals surface area contributed by atoms with Crippen molar-refractivity contribution in [2.75, 3.05) is 13.7 Å². The van der Waals surface area contributed by atoms with E-state index < -0.39 is 59.3 Å². The second-order valence-corrected chi connectivity index (χ2v) is 8.96. The first-order valence-corrected chi connectivity index (χ1v) is 9.20. The first-order valence-electron chi connectivity index (χ1n) is 9.20. The number of carbonyl (C=O) groups is 3. The van der Waals surface area contributed by atoms with Gasteiger partial charge in [-0.2, -0.15) is 0 Å². The quantitative estimate of drug-likeness (QED) is 0.646. The summed E-state index contributed by atoms with van der Waals surface area (Å²) in [6.07, 6.45) is -4.47. The maximum Gasteiger partial charge on any atom is 0.311 e. The van der Waals surface area contributed by atoms with Crippen LogP contribution in [0.15, 0.2) is 0 Å². The molecule has 1 rings (SSSR count). The van der Waals surface area contributed by atoms with E-state index in [-0.39, 0.29) is 6.61 Å². The van der Waals surface area contributed by atoms with Gasteiger partial charge >= 0.3 is 11.9 Å². The lowest BCUT2D eigenvalue weighted by molar-refractivity contribution is -0.270. The summed E-state index contributed by atoms with van der Waals surface area (Å²) in [5.41, 5.74) is -1.56. The van der Waals surface area contributed by atoms with Gasteiger partial charge in [0.15, 0.2) is 12.4 Å². The lowest BCUT2D eigenvalue weighted by Crippen LogP contribution is -2.65. The van der Waals surface area contributed by atoms with Crippen LogP contribution in [0.25, 0.3) is 0 Å². The second-order valence-electron chi connectivity index (χ2n) is 8.96. The number of hydrogen-bond acceptors (Lipinski definition) is 8.